The number of hydrogen-bond acceptors (Lipinski definition) is 2. The number of rotatable bonds is 4. The summed E-state index contributed by atoms with van der Waals surface area (Å²) in [6.45, 7) is 0.601. The molecule has 1 saturated carbocycles. The van der Waals surface area contributed by atoms with Crippen LogP contribution in [0.4, 0.5) is 13.2 Å². The van der Waals surface area contributed by atoms with E-state index in [4.69, 9.17) is 0 Å². The van der Waals surface area contributed by atoms with Gasteiger partial charge in [0.25, 0.3) is 0 Å². The highest BCUT2D eigenvalue weighted by Gasteiger charge is 2.40. The molecule has 1 aromatic carbocycles. The Morgan fingerprint density at radius 2 is 1.95 bits per heavy atom. The van der Waals surface area contributed by atoms with Gasteiger partial charge < -0.3 is 5.32 Å². The van der Waals surface area contributed by atoms with Crippen LogP contribution in [0.2, 0.25) is 0 Å². The molecule has 1 aromatic heterocycles. The Morgan fingerprint density at radius 1 is 1.14 bits per heavy atom. The van der Waals surface area contributed by atoms with Crippen molar-refractivity contribution in [2.75, 3.05) is 0 Å². The minimum Gasteiger partial charge on any atom is -0.303 e. The van der Waals surface area contributed by atoms with Crippen LogP contribution in [0.1, 0.15) is 36.0 Å². The van der Waals surface area contributed by atoms with Crippen LogP contribution in [-0.2, 0) is 18.3 Å². The second-order valence-corrected chi connectivity index (χ2v) is 5.73. The molecule has 1 aliphatic carbocycles. The summed E-state index contributed by atoms with van der Waals surface area (Å²) in [6.07, 6.45) is 1.91. The van der Waals surface area contributed by atoms with Crippen molar-refractivity contribution in [1.82, 2.24) is 10.3 Å². The largest absolute Gasteiger partial charge is 0.416 e. The Bertz CT molecular complexity index is 634. The third-order valence-corrected chi connectivity index (χ3v) is 4.30. The molecule has 0 spiro atoms. The number of alkyl halides is 3. The van der Waals surface area contributed by atoms with Crippen LogP contribution in [0.5, 0.6) is 0 Å². The van der Waals surface area contributed by atoms with Crippen molar-refractivity contribution >= 4 is 0 Å². The standard InChI is InChI=1S/C17H17F3N2/c18-17(19,20)15-6-1-5-14(10-15)16(7-3-8-16)22-12-13-4-2-9-21-11-13/h1-2,4-6,9-11,22H,3,7-8,12H2. The minimum atomic E-state index is -4.30. The molecule has 1 aliphatic rings. The van der Waals surface area contributed by atoms with Gasteiger partial charge in [0.2, 0.25) is 0 Å². The Labute approximate surface area is 127 Å². The Kier molecular flexibility index (Phi) is 3.91. The number of nitrogens with one attached hydrogen (secondary N) is 1. The van der Waals surface area contributed by atoms with E-state index in [9.17, 15) is 13.2 Å². The van der Waals surface area contributed by atoms with Gasteiger partial charge in [-0.3, -0.25) is 4.98 Å². The Balaban J connectivity index is 1.81. The van der Waals surface area contributed by atoms with Gasteiger partial charge in [0.15, 0.2) is 0 Å². The molecule has 0 radical (unpaired) electrons. The predicted octanol–water partition coefficient (Wildman–Crippen LogP) is 4.27. The molecule has 116 valence electrons. The van der Waals surface area contributed by atoms with E-state index in [1.807, 2.05) is 12.1 Å². The van der Waals surface area contributed by atoms with Gasteiger partial charge in [-0.1, -0.05) is 18.2 Å². The van der Waals surface area contributed by atoms with Crippen LogP contribution >= 0.6 is 0 Å². The Hall–Kier alpha value is -1.88. The molecule has 5 heteroatoms. The molecule has 22 heavy (non-hydrogen) atoms. The number of benzene rings is 1. The first-order valence-electron chi connectivity index (χ1n) is 7.31. The molecule has 1 N–H and O–H groups in total. The summed E-state index contributed by atoms with van der Waals surface area (Å²) in [6, 6.07) is 9.48. The van der Waals surface area contributed by atoms with Crippen molar-refractivity contribution in [2.24, 2.45) is 0 Å². The minimum absolute atomic E-state index is 0.350. The van der Waals surface area contributed by atoms with Gasteiger partial charge in [0.1, 0.15) is 0 Å². The molecule has 1 fully saturated rings. The lowest BCUT2D eigenvalue weighted by molar-refractivity contribution is -0.137. The summed E-state index contributed by atoms with van der Waals surface area (Å²) in [5.74, 6) is 0. The van der Waals surface area contributed by atoms with Gasteiger partial charge in [-0.25, -0.2) is 0 Å². The monoisotopic (exact) mass is 306 g/mol. The molecule has 2 aromatic rings. The van der Waals surface area contributed by atoms with E-state index in [0.29, 0.717) is 6.54 Å². The molecule has 1 heterocycles. The van der Waals surface area contributed by atoms with Gasteiger partial charge in [0, 0.05) is 24.5 Å². The molecule has 0 atom stereocenters. The summed E-state index contributed by atoms with van der Waals surface area (Å²) >= 11 is 0. The number of halogens is 3. The summed E-state index contributed by atoms with van der Waals surface area (Å²) in [7, 11) is 0. The maximum Gasteiger partial charge on any atom is 0.416 e. The van der Waals surface area contributed by atoms with Crippen LogP contribution in [0.3, 0.4) is 0 Å². The Morgan fingerprint density at radius 3 is 2.55 bits per heavy atom. The van der Waals surface area contributed by atoms with E-state index in [0.717, 1.165) is 36.5 Å². The van der Waals surface area contributed by atoms with Gasteiger partial charge >= 0.3 is 6.18 Å². The van der Waals surface area contributed by atoms with E-state index in [1.165, 1.54) is 12.1 Å². The zero-order valence-electron chi connectivity index (χ0n) is 12.0. The highest BCUT2D eigenvalue weighted by molar-refractivity contribution is 5.33. The maximum absolute atomic E-state index is 12.9. The topological polar surface area (TPSA) is 24.9 Å². The van der Waals surface area contributed by atoms with Crippen LogP contribution < -0.4 is 5.32 Å². The lowest BCUT2D eigenvalue weighted by Gasteiger charge is -2.43. The van der Waals surface area contributed by atoms with Gasteiger partial charge in [0.05, 0.1) is 5.56 Å². The van der Waals surface area contributed by atoms with Gasteiger partial charge in [-0.2, -0.15) is 13.2 Å². The number of pyridine rings is 1. The molecule has 0 bridgehead atoms. The van der Waals surface area contributed by atoms with Crippen molar-refractivity contribution in [3.8, 4) is 0 Å². The molecule has 0 aliphatic heterocycles. The summed E-state index contributed by atoms with van der Waals surface area (Å²) < 4.78 is 38.7. The number of aromatic nitrogens is 1. The third-order valence-electron chi connectivity index (χ3n) is 4.30. The molecule has 2 nitrogen and oxygen atoms in total. The molecule has 0 unspecified atom stereocenters. The van der Waals surface area contributed by atoms with Crippen molar-refractivity contribution in [3.05, 3.63) is 65.5 Å². The number of nitrogens with zero attached hydrogens (tertiary/aromatic N) is 1. The fourth-order valence-corrected chi connectivity index (χ4v) is 2.86. The van der Waals surface area contributed by atoms with E-state index in [2.05, 4.69) is 10.3 Å². The summed E-state index contributed by atoms with van der Waals surface area (Å²) in [4.78, 5) is 4.06. The highest BCUT2D eigenvalue weighted by atomic mass is 19.4. The average molecular weight is 306 g/mol. The highest BCUT2D eigenvalue weighted by Crippen LogP contribution is 2.43. The van der Waals surface area contributed by atoms with E-state index >= 15 is 0 Å². The second kappa shape index (κ2) is 5.72. The zero-order valence-corrected chi connectivity index (χ0v) is 12.0. The fraction of sp³-hybridized carbons (Fsp3) is 0.353. The molecular weight excluding hydrogens is 289 g/mol. The molecule has 0 saturated heterocycles. The lowest BCUT2D eigenvalue weighted by Crippen LogP contribution is -2.47. The fourth-order valence-electron chi connectivity index (χ4n) is 2.86. The first-order chi connectivity index (χ1) is 10.5. The van der Waals surface area contributed by atoms with E-state index in [1.54, 1.807) is 18.5 Å². The van der Waals surface area contributed by atoms with E-state index < -0.39 is 11.7 Å². The quantitative estimate of drug-likeness (QED) is 0.912. The smallest absolute Gasteiger partial charge is 0.303 e. The first-order valence-corrected chi connectivity index (χ1v) is 7.31. The molecular formula is C17H17F3N2. The van der Waals surface area contributed by atoms with E-state index in [-0.39, 0.29) is 5.54 Å². The van der Waals surface area contributed by atoms with Crippen LogP contribution in [-0.4, -0.2) is 4.98 Å². The van der Waals surface area contributed by atoms with Crippen molar-refractivity contribution < 1.29 is 13.2 Å². The van der Waals surface area contributed by atoms with Crippen LogP contribution in [0.25, 0.3) is 0 Å². The van der Waals surface area contributed by atoms with Gasteiger partial charge in [-0.15, -0.1) is 0 Å². The van der Waals surface area contributed by atoms with Crippen LogP contribution in [0, 0.1) is 0 Å². The predicted molar refractivity (Wildman–Crippen MR) is 78.0 cm³/mol. The maximum atomic E-state index is 12.9. The average Bonchev–Trinajstić information content (AvgIpc) is 2.47. The normalized spacial score (nSPS) is 17.0. The lowest BCUT2D eigenvalue weighted by atomic mass is 9.71. The molecule has 0 amide bonds. The summed E-state index contributed by atoms with van der Waals surface area (Å²) in [5, 5.41) is 3.44. The summed E-state index contributed by atoms with van der Waals surface area (Å²) in [5.41, 5.74) is 0.814. The third kappa shape index (κ3) is 2.99. The van der Waals surface area contributed by atoms with Gasteiger partial charge in [-0.05, 0) is 48.6 Å². The zero-order chi connectivity index (χ0) is 15.6. The van der Waals surface area contributed by atoms with Crippen LogP contribution in [0.15, 0.2) is 48.8 Å². The first kappa shape index (κ1) is 15.0. The molecule has 3 rings (SSSR count). The van der Waals surface area contributed by atoms with Crippen molar-refractivity contribution in [2.45, 2.75) is 37.5 Å². The number of hydrogen-bond donors (Lipinski definition) is 1. The van der Waals surface area contributed by atoms with Crippen molar-refractivity contribution in [1.29, 1.82) is 0 Å². The second-order valence-electron chi connectivity index (χ2n) is 5.73. The van der Waals surface area contributed by atoms with Crippen molar-refractivity contribution in [3.63, 3.8) is 0 Å². The SMILES string of the molecule is FC(F)(F)c1cccc(C2(NCc3cccnc3)CCC2)c1.